The molecule has 5 rings (SSSR count). The van der Waals surface area contributed by atoms with Gasteiger partial charge < -0.3 is 5.32 Å². The van der Waals surface area contributed by atoms with Gasteiger partial charge in [-0.15, -0.1) is 11.3 Å². The van der Waals surface area contributed by atoms with E-state index in [2.05, 4.69) is 17.3 Å². The molecule has 2 fully saturated rings. The summed E-state index contributed by atoms with van der Waals surface area (Å²) in [5.41, 5.74) is 2.82. The van der Waals surface area contributed by atoms with Crippen molar-refractivity contribution in [1.82, 2.24) is 20.1 Å². The van der Waals surface area contributed by atoms with Crippen molar-refractivity contribution in [3.63, 3.8) is 0 Å². The second-order valence-corrected chi connectivity index (χ2v) is 10.5. The number of nitrogens with one attached hydrogen (secondary N) is 1. The van der Waals surface area contributed by atoms with Gasteiger partial charge in [0.15, 0.2) is 0 Å². The van der Waals surface area contributed by atoms with Crippen molar-refractivity contribution >= 4 is 40.4 Å². The summed E-state index contributed by atoms with van der Waals surface area (Å²) in [5, 5.41) is 11.4. The summed E-state index contributed by atoms with van der Waals surface area (Å²) in [5.74, 6) is 2.10. The number of halogens is 2. The molecule has 0 radical (unpaired) electrons. The normalized spacial score (nSPS) is 23.3. The van der Waals surface area contributed by atoms with Crippen LogP contribution in [0.4, 0.5) is 0 Å². The Balaban J connectivity index is 1.38. The van der Waals surface area contributed by atoms with E-state index in [1.165, 1.54) is 37.0 Å². The fourth-order valence-electron chi connectivity index (χ4n) is 5.28. The molecular weight excluding hydrogens is 451 g/mol. The van der Waals surface area contributed by atoms with Gasteiger partial charge in [-0.2, -0.15) is 5.10 Å². The second kappa shape index (κ2) is 8.23. The number of nitrogens with zero attached hydrogens (tertiary/aromatic N) is 3. The molecule has 31 heavy (non-hydrogen) atoms. The van der Waals surface area contributed by atoms with Crippen LogP contribution in [-0.4, -0.2) is 26.7 Å². The first kappa shape index (κ1) is 21.0. The predicted molar refractivity (Wildman–Crippen MR) is 125 cm³/mol. The zero-order chi connectivity index (χ0) is 21.7. The fourth-order valence-corrected chi connectivity index (χ4v) is 6.58. The Morgan fingerprint density at radius 1 is 1.26 bits per heavy atom. The lowest BCUT2D eigenvalue weighted by atomic mass is 9.84. The molecule has 2 aliphatic rings. The van der Waals surface area contributed by atoms with Crippen molar-refractivity contribution in [2.75, 3.05) is 0 Å². The Kier molecular flexibility index (Phi) is 5.57. The lowest BCUT2D eigenvalue weighted by molar-refractivity contribution is 0.0907. The molecule has 2 bridgehead atoms. The van der Waals surface area contributed by atoms with Gasteiger partial charge in [0.25, 0.3) is 5.91 Å². The summed E-state index contributed by atoms with van der Waals surface area (Å²) >= 11 is 13.8. The third kappa shape index (κ3) is 4.01. The predicted octanol–water partition coefficient (Wildman–Crippen LogP) is 6.17. The molecule has 2 heterocycles. The molecule has 162 valence electrons. The van der Waals surface area contributed by atoms with Crippen LogP contribution in [0.15, 0.2) is 29.6 Å². The minimum absolute atomic E-state index is 0.0999. The molecule has 2 saturated carbocycles. The van der Waals surface area contributed by atoms with Gasteiger partial charge in [0.05, 0.1) is 16.4 Å². The maximum Gasteiger partial charge on any atom is 0.270 e. The molecule has 0 spiro atoms. The molecule has 8 heteroatoms. The maximum absolute atomic E-state index is 13.2. The SMILES string of the molecule is Cc1cc(C(=O)NC(C)C2CC3CCC2C3)n(-c2nc(-c3ccc(Cl)cc3Cl)cs2)n1. The third-order valence-electron chi connectivity index (χ3n) is 6.74. The highest BCUT2D eigenvalue weighted by Gasteiger charge is 2.42. The Morgan fingerprint density at radius 2 is 2.10 bits per heavy atom. The molecule has 3 aromatic rings. The number of carbonyl (C=O) groups excluding carboxylic acids is 1. The van der Waals surface area contributed by atoms with Crippen LogP contribution in [0.2, 0.25) is 10.0 Å². The number of fused-ring (bicyclic) bond motifs is 2. The Bertz CT molecular complexity index is 1140. The van der Waals surface area contributed by atoms with Crippen molar-refractivity contribution in [3.8, 4) is 16.4 Å². The number of thiazole rings is 1. The van der Waals surface area contributed by atoms with E-state index in [4.69, 9.17) is 28.2 Å². The summed E-state index contributed by atoms with van der Waals surface area (Å²) < 4.78 is 1.64. The zero-order valence-electron chi connectivity index (χ0n) is 17.4. The van der Waals surface area contributed by atoms with Crippen LogP contribution in [0.25, 0.3) is 16.4 Å². The van der Waals surface area contributed by atoms with E-state index in [9.17, 15) is 4.79 Å². The van der Waals surface area contributed by atoms with Gasteiger partial charge in [0.2, 0.25) is 5.13 Å². The van der Waals surface area contributed by atoms with Gasteiger partial charge in [-0.3, -0.25) is 4.79 Å². The number of hydrogen-bond acceptors (Lipinski definition) is 4. The highest BCUT2D eigenvalue weighted by Crippen LogP contribution is 2.49. The number of carbonyl (C=O) groups is 1. The number of aryl methyl sites for hydroxylation is 1. The quantitative estimate of drug-likeness (QED) is 0.481. The number of aromatic nitrogens is 3. The Morgan fingerprint density at radius 3 is 2.81 bits per heavy atom. The standard InChI is InChI=1S/C23H24Cl2N4OS/c1-12-7-21(22(30)26-13(2)18-9-14-3-4-15(18)8-14)29(28-12)23-27-20(11-31-23)17-6-5-16(24)10-19(17)25/h5-7,10-11,13-15,18H,3-4,8-9H2,1-2H3,(H,26,30). The van der Waals surface area contributed by atoms with Crippen molar-refractivity contribution in [2.45, 2.75) is 45.6 Å². The van der Waals surface area contributed by atoms with E-state index in [-0.39, 0.29) is 11.9 Å². The molecule has 2 aliphatic carbocycles. The molecular formula is C23H24Cl2N4OS. The molecule has 1 N–H and O–H groups in total. The minimum Gasteiger partial charge on any atom is -0.348 e. The Hall–Kier alpha value is -1.89. The van der Waals surface area contributed by atoms with Crippen molar-refractivity contribution < 1.29 is 4.79 Å². The van der Waals surface area contributed by atoms with Gasteiger partial charge in [-0.25, -0.2) is 9.67 Å². The molecule has 0 saturated heterocycles. The van der Waals surface area contributed by atoms with Crippen LogP contribution in [0.1, 0.15) is 48.8 Å². The highest BCUT2D eigenvalue weighted by atomic mass is 35.5. The molecule has 5 nitrogen and oxygen atoms in total. The fraction of sp³-hybridized carbons (Fsp3) is 0.435. The molecule has 4 unspecified atom stereocenters. The van der Waals surface area contributed by atoms with E-state index < -0.39 is 0 Å². The topological polar surface area (TPSA) is 59.8 Å². The van der Waals surface area contributed by atoms with E-state index in [1.807, 2.05) is 24.4 Å². The van der Waals surface area contributed by atoms with E-state index in [0.717, 1.165) is 28.8 Å². The first-order valence-corrected chi connectivity index (χ1v) is 12.3. The third-order valence-corrected chi connectivity index (χ3v) is 8.10. The largest absolute Gasteiger partial charge is 0.348 e. The average molecular weight is 475 g/mol. The number of amides is 1. The van der Waals surface area contributed by atoms with Gasteiger partial charge in [-0.05, 0) is 75.1 Å². The first-order valence-electron chi connectivity index (χ1n) is 10.7. The zero-order valence-corrected chi connectivity index (χ0v) is 19.8. The number of benzene rings is 1. The van der Waals surface area contributed by atoms with E-state index in [1.54, 1.807) is 16.8 Å². The molecule has 2 aromatic heterocycles. The molecule has 1 amide bonds. The molecule has 0 aliphatic heterocycles. The minimum atomic E-state index is -0.0999. The van der Waals surface area contributed by atoms with Crippen molar-refractivity contribution in [3.05, 3.63) is 51.1 Å². The van der Waals surface area contributed by atoms with Crippen LogP contribution in [-0.2, 0) is 0 Å². The van der Waals surface area contributed by atoms with Crippen LogP contribution in [0.5, 0.6) is 0 Å². The van der Waals surface area contributed by atoms with Gasteiger partial charge >= 0.3 is 0 Å². The number of hydrogen-bond donors (Lipinski definition) is 1. The second-order valence-electron chi connectivity index (χ2n) is 8.82. The summed E-state index contributed by atoms with van der Waals surface area (Å²) in [6.45, 7) is 4.03. The van der Waals surface area contributed by atoms with Crippen LogP contribution < -0.4 is 5.32 Å². The smallest absolute Gasteiger partial charge is 0.270 e. The first-order chi connectivity index (χ1) is 14.9. The van der Waals surface area contributed by atoms with Crippen molar-refractivity contribution in [1.29, 1.82) is 0 Å². The summed E-state index contributed by atoms with van der Waals surface area (Å²) in [6, 6.07) is 7.31. The monoisotopic (exact) mass is 474 g/mol. The molecule has 4 atom stereocenters. The van der Waals surface area contributed by atoms with Crippen molar-refractivity contribution in [2.24, 2.45) is 17.8 Å². The summed E-state index contributed by atoms with van der Waals surface area (Å²) in [4.78, 5) is 17.9. The summed E-state index contributed by atoms with van der Waals surface area (Å²) in [6.07, 6.45) is 5.23. The highest BCUT2D eigenvalue weighted by molar-refractivity contribution is 7.12. The number of rotatable bonds is 5. The Labute approximate surface area is 195 Å². The van der Waals surface area contributed by atoms with Gasteiger partial charge in [0.1, 0.15) is 5.69 Å². The lowest BCUT2D eigenvalue weighted by Crippen LogP contribution is -2.40. The van der Waals surface area contributed by atoms with Crippen LogP contribution in [0.3, 0.4) is 0 Å². The summed E-state index contributed by atoms with van der Waals surface area (Å²) in [7, 11) is 0. The van der Waals surface area contributed by atoms with Gasteiger partial charge in [-0.1, -0.05) is 29.6 Å². The average Bonchev–Trinajstić information content (AvgIpc) is 3.51. The van der Waals surface area contributed by atoms with E-state index in [0.29, 0.717) is 26.8 Å². The van der Waals surface area contributed by atoms with Gasteiger partial charge in [0, 0.05) is 22.0 Å². The van der Waals surface area contributed by atoms with Crippen LogP contribution in [0, 0.1) is 24.7 Å². The maximum atomic E-state index is 13.2. The van der Waals surface area contributed by atoms with Crippen LogP contribution >= 0.6 is 34.5 Å². The van der Waals surface area contributed by atoms with E-state index >= 15 is 0 Å². The lowest BCUT2D eigenvalue weighted by Gasteiger charge is -2.28. The molecule has 1 aromatic carbocycles.